The largest absolute Gasteiger partial charge is 0.390 e. The lowest BCUT2D eigenvalue weighted by molar-refractivity contribution is -0.738. The van der Waals surface area contributed by atoms with E-state index in [0.29, 0.717) is 5.56 Å². The average Bonchev–Trinajstić information content (AvgIpc) is 3.10. The Hall–Kier alpha value is -2.74. The molecule has 3 aromatic rings. The van der Waals surface area contributed by atoms with E-state index in [1.54, 1.807) is 12.1 Å². The smallest absolute Gasteiger partial charge is 0.269 e. The molecule has 5 N–H and O–H groups in total. The number of nitro benzene ring substituents is 1. The third kappa shape index (κ3) is 3.76. The van der Waals surface area contributed by atoms with Crippen molar-refractivity contribution in [3.05, 3.63) is 75.0 Å². The second-order valence-electron chi connectivity index (χ2n) is 7.90. The molecule has 7 nitrogen and oxygen atoms in total. The highest BCUT2D eigenvalue weighted by molar-refractivity contribution is 5.85. The van der Waals surface area contributed by atoms with Crippen molar-refractivity contribution in [2.75, 3.05) is 6.61 Å². The van der Waals surface area contributed by atoms with Crippen LogP contribution < -0.4 is 5.32 Å². The summed E-state index contributed by atoms with van der Waals surface area (Å²) in [4.78, 5) is 13.9. The quantitative estimate of drug-likeness (QED) is 0.378. The number of aromatic nitrogens is 1. The van der Waals surface area contributed by atoms with Gasteiger partial charge in [-0.15, -0.1) is 0 Å². The van der Waals surface area contributed by atoms with E-state index in [1.165, 1.54) is 34.3 Å². The number of nitrogens with zero attached hydrogens (tertiary/aromatic N) is 1. The Balaban J connectivity index is 1.58. The number of hydrogen-bond donors (Lipinski definition) is 4. The molecule has 7 heteroatoms. The van der Waals surface area contributed by atoms with E-state index in [4.69, 9.17) is 0 Å². The van der Waals surface area contributed by atoms with Gasteiger partial charge in [-0.1, -0.05) is 11.6 Å². The highest BCUT2D eigenvalue weighted by Crippen LogP contribution is 2.33. The van der Waals surface area contributed by atoms with Crippen LogP contribution in [-0.4, -0.2) is 32.8 Å². The van der Waals surface area contributed by atoms with Gasteiger partial charge in [-0.2, -0.15) is 0 Å². The summed E-state index contributed by atoms with van der Waals surface area (Å²) in [6.07, 6.45) is 2.12. The second kappa shape index (κ2) is 7.94. The first-order valence-electron chi connectivity index (χ1n) is 9.97. The van der Waals surface area contributed by atoms with E-state index in [0.717, 1.165) is 24.8 Å². The van der Waals surface area contributed by atoms with Crippen LogP contribution in [0.4, 0.5) is 5.69 Å². The van der Waals surface area contributed by atoms with Crippen LogP contribution in [0.3, 0.4) is 0 Å². The topological polar surface area (TPSA) is 116 Å². The van der Waals surface area contributed by atoms with Gasteiger partial charge in [0.25, 0.3) is 5.69 Å². The van der Waals surface area contributed by atoms with Gasteiger partial charge in [0.15, 0.2) is 0 Å². The van der Waals surface area contributed by atoms with Crippen molar-refractivity contribution in [1.82, 2.24) is 4.98 Å². The number of quaternary nitrogens is 1. The van der Waals surface area contributed by atoms with E-state index >= 15 is 0 Å². The Morgan fingerprint density at radius 3 is 2.72 bits per heavy atom. The molecule has 0 spiro atoms. The van der Waals surface area contributed by atoms with E-state index in [2.05, 4.69) is 30.1 Å². The first-order valence-corrected chi connectivity index (χ1v) is 9.97. The Morgan fingerprint density at radius 2 is 2.03 bits per heavy atom. The van der Waals surface area contributed by atoms with Crippen LogP contribution >= 0.6 is 0 Å². The van der Waals surface area contributed by atoms with Crippen LogP contribution in [-0.2, 0) is 6.42 Å². The lowest BCUT2D eigenvalue weighted by Gasteiger charge is -2.27. The van der Waals surface area contributed by atoms with Crippen molar-refractivity contribution in [1.29, 1.82) is 0 Å². The lowest BCUT2D eigenvalue weighted by Crippen LogP contribution is -2.93. The van der Waals surface area contributed by atoms with E-state index < -0.39 is 17.1 Å². The molecule has 0 saturated heterocycles. The monoisotopic (exact) mass is 396 g/mol. The van der Waals surface area contributed by atoms with Crippen molar-refractivity contribution in [2.24, 2.45) is 0 Å². The SMILES string of the molecule is Cc1ccc2[nH]c3c(c2c1)CCC[C@H]3[NH2+][C@@H](CO)[C@H](O)c1ccc([N+](=O)[O-])cc1. The van der Waals surface area contributed by atoms with E-state index in [9.17, 15) is 20.3 Å². The van der Waals surface area contributed by atoms with Crippen LogP contribution in [0.15, 0.2) is 42.5 Å². The summed E-state index contributed by atoms with van der Waals surface area (Å²) in [6.45, 7) is 1.90. The molecule has 0 bridgehead atoms. The number of non-ortho nitro benzene ring substituents is 1. The normalized spacial score (nSPS) is 18.4. The van der Waals surface area contributed by atoms with Crippen molar-refractivity contribution >= 4 is 16.6 Å². The number of rotatable bonds is 6. The van der Waals surface area contributed by atoms with E-state index in [1.807, 2.05) is 5.32 Å². The van der Waals surface area contributed by atoms with Crippen molar-refractivity contribution < 1.29 is 20.5 Å². The molecule has 2 aromatic carbocycles. The van der Waals surface area contributed by atoms with Gasteiger partial charge in [-0.3, -0.25) is 10.1 Å². The summed E-state index contributed by atoms with van der Waals surface area (Å²) in [5.74, 6) is 0. The zero-order valence-electron chi connectivity index (χ0n) is 16.3. The number of nitro groups is 1. The van der Waals surface area contributed by atoms with Gasteiger partial charge < -0.3 is 20.5 Å². The zero-order valence-corrected chi connectivity index (χ0v) is 16.3. The third-order valence-electron chi connectivity index (χ3n) is 5.95. The number of aliphatic hydroxyl groups is 2. The van der Waals surface area contributed by atoms with Crippen molar-refractivity contribution in [2.45, 2.75) is 44.4 Å². The molecular formula is C22H26N3O4+. The minimum absolute atomic E-state index is 0.0178. The molecule has 0 amide bonds. The molecule has 0 radical (unpaired) electrons. The zero-order chi connectivity index (χ0) is 20.5. The molecule has 29 heavy (non-hydrogen) atoms. The summed E-state index contributed by atoms with van der Waals surface area (Å²) < 4.78 is 0. The Labute approximate surface area is 168 Å². The molecular weight excluding hydrogens is 370 g/mol. The molecule has 0 saturated carbocycles. The predicted octanol–water partition coefficient (Wildman–Crippen LogP) is 2.42. The predicted molar refractivity (Wildman–Crippen MR) is 110 cm³/mol. The van der Waals surface area contributed by atoms with Crippen LogP contribution in [0.1, 0.15) is 47.4 Å². The van der Waals surface area contributed by atoms with Gasteiger partial charge in [0.05, 0.1) is 17.2 Å². The highest BCUT2D eigenvalue weighted by atomic mass is 16.6. The minimum Gasteiger partial charge on any atom is -0.390 e. The molecule has 0 unspecified atom stereocenters. The molecule has 1 aromatic heterocycles. The maximum Gasteiger partial charge on any atom is 0.269 e. The van der Waals surface area contributed by atoms with E-state index in [-0.39, 0.29) is 18.3 Å². The van der Waals surface area contributed by atoms with Crippen LogP contribution in [0, 0.1) is 17.0 Å². The second-order valence-corrected chi connectivity index (χ2v) is 7.90. The summed E-state index contributed by atoms with van der Waals surface area (Å²) in [6, 6.07) is 11.9. The number of aryl methyl sites for hydroxylation is 2. The molecule has 1 aliphatic rings. The Kier molecular flexibility index (Phi) is 5.36. The van der Waals surface area contributed by atoms with Gasteiger partial charge in [0, 0.05) is 29.5 Å². The van der Waals surface area contributed by atoms with Gasteiger partial charge in [-0.05, 0) is 55.2 Å². The van der Waals surface area contributed by atoms with Gasteiger partial charge in [-0.25, -0.2) is 0 Å². The fraction of sp³-hybridized carbons (Fsp3) is 0.364. The first kappa shape index (κ1) is 19.6. The van der Waals surface area contributed by atoms with Crippen molar-refractivity contribution in [3.63, 3.8) is 0 Å². The van der Waals surface area contributed by atoms with Crippen LogP contribution in [0.25, 0.3) is 10.9 Å². The Bertz CT molecular complexity index is 1030. The maximum atomic E-state index is 10.8. The van der Waals surface area contributed by atoms with Gasteiger partial charge in [0.1, 0.15) is 18.2 Å². The highest BCUT2D eigenvalue weighted by Gasteiger charge is 2.32. The number of H-pyrrole nitrogens is 1. The molecule has 4 rings (SSSR count). The molecule has 3 atom stereocenters. The number of aliphatic hydroxyl groups excluding tert-OH is 2. The third-order valence-corrected chi connectivity index (χ3v) is 5.95. The minimum atomic E-state index is -0.919. The number of nitrogens with two attached hydrogens (primary N) is 1. The number of fused-ring (bicyclic) bond motifs is 3. The van der Waals surface area contributed by atoms with Gasteiger partial charge in [0.2, 0.25) is 0 Å². The number of nitrogens with one attached hydrogen (secondary N) is 1. The summed E-state index contributed by atoms with van der Waals surface area (Å²) in [7, 11) is 0. The summed E-state index contributed by atoms with van der Waals surface area (Å²) >= 11 is 0. The lowest BCUT2D eigenvalue weighted by atomic mass is 9.90. The maximum absolute atomic E-state index is 10.8. The number of aromatic amines is 1. The Morgan fingerprint density at radius 1 is 1.28 bits per heavy atom. The molecule has 1 aliphatic carbocycles. The van der Waals surface area contributed by atoms with Gasteiger partial charge >= 0.3 is 0 Å². The molecule has 1 heterocycles. The summed E-state index contributed by atoms with van der Waals surface area (Å²) in [5, 5.41) is 34.9. The number of hydrogen-bond acceptors (Lipinski definition) is 4. The number of benzene rings is 2. The molecule has 152 valence electrons. The average molecular weight is 396 g/mol. The van der Waals surface area contributed by atoms with Crippen LogP contribution in [0.2, 0.25) is 0 Å². The molecule has 0 aliphatic heterocycles. The fourth-order valence-corrected chi connectivity index (χ4v) is 4.41. The standard InChI is InChI=1S/C22H25N3O4/c1-13-5-10-18-17(11-13)16-3-2-4-19(21(16)24-18)23-20(12-26)22(27)14-6-8-15(9-7-14)25(28)29/h5-11,19-20,22-24,26-27H,2-4,12H2,1H3/p+1/t19-,20+,22-/m1/s1. The molecule has 0 fully saturated rings. The van der Waals surface area contributed by atoms with Crippen LogP contribution in [0.5, 0.6) is 0 Å². The fourth-order valence-electron chi connectivity index (χ4n) is 4.41. The van der Waals surface area contributed by atoms with Crippen molar-refractivity contribution in [3.8, 4) is 0 Å². The summed E-state index contributed by atoms with van der Waals surface area (Å²) in [5.41, 5.74) is 5.40. The first-order chi connectivity index (χ1) is 14.0.